The summed E-state index contributed by atoms with van der Waals surface area (Å²) < 4.78 is 11.2. The number of nitrogens with zero attached hydrogens (tertiary/aromatic N) is 1. The maximum absolute atomic E-state index is 11.4. The van der Waals surface area contributed by atoms with Gasteiger partial charge in [0.05, 0.1) is 12.7 Å². The Morgan fingerprint density at radius 1 is 1.57 bits per heavy atom. The van der Waals surface area contributed by atoms with Crippen molar-refractivity contribution >= 4 is 16.7 Å². The third-order valence-electron chi connectivity index (χ3n) is 2.45. The number of carbonyl (C=O) groups is 1. The molecule has 0 aromatic carbocycles. The van der Waals surface area contributed by atoms with Crippen molar-refractivity contribution in [3.05, 3.63) is 0 Å². The molecule has 1 amide bonds. The Morgan fingerprint density at radius 2 is 2.29 bits per heavy atom. The number of hydrogen-bond donors (Lipinski definition) is 1. The van der Waals surface area contributed by atoms with Crippen molar-refractivity contribution in [2.24, 2.45) is 0 Å². The molecule has 1 fully saturated rings. The van der Waals surface area contributed by atoms with E-state index in [4.69, 9.17) is 0 Å². The van der Waals surface area contributed by atoms with Crippen molar-refractivity contribution < 1.29 is 9.00 Å². The maximum Gasteiger partial charge on any atom is 0.237 e. The predicted molar refractivity (Wildman–Crippen MR) is 57.3 cm³/mol. The first-order valence-corrected chi connectivity index (χ1v) is 6.55. The molecule has 0 aromatic rings. The highest BCUT2D eigenvalue weighted by molar-refractivity contribution is 7.84. The number of carbonyl (C=O) groups excluding carboxylic acids is 1. The van der Waals surface area contributed by atoms with Gasteiger partial charge in [-0.25, -0.2) is 0 Å². The van der Waals surface area contributed by atoms with Gasteiger partial charge in [0.25, 0.3) is 0 Å². The zero-order valence-electron chi connectivity index (χ0n) is 8.78. The fourth-order valence-corrected chi connectivity index (χ4v) is 2.27. The van der Waals surface area contributed by atoms with Gasteiger partial charge in [0, 0.05) is 28.9 Å². The van der Waals surface area contributed by atoms with Crippen LogP contribution in [0.2, 0.25) is 0 Å². The van der Waals surface area contributed by atoms with Crippen LogP contribution in [0.25, 0.3) is 0 Å². The van der Waals surface area contributed by atoms with Gasteiger partial charge in [-0.1, -0.05) is 13.8 Å². The van der Waals surface area contributed by atoms with E-state index < -0.39 is 10.8 Å². The van der Waals surface area contributed by atoms with E-state index in [0.717, 1.165) is 6.42 Å². The lowest BCUT2D eigenvalue weighted by Gasteiger charge is -2.22. The Bertz CT molecular complexity index is 233. The van der Waals surface area contributed by atoms with Crippen LogP contribution in [0.4, 0.5) is 0 Å². The minimum Gasteiger partial charge on any atom is -0.325 e. The standard InChI is InChI=1S/C9H18N2O2S/c1-3-8-10-7-9(12)11(8)5-6-14(13)4-2/h8,10H,3-7H2,1-2H3. The molecule has 0 bridgehead atoms. The number of nitrogens with one attached hydrogen (secondary N) is 1. The molecule has 1 N–H and O–H groups in total. The summed E-state index contributed by atoms with van der Waals surface area (Å²) in [7, 11) is -0.777. The molecule has 0 radical (unpaired) electrons. The summed E-state index contributed by atoms with van der Waals surface area (Å²) in [6.45, 7) is 4.99. The number of amides is 1. The van der Waals surface area contributed by atoms with Crippen LogP contribution in [0, 0.1) is 0 Å². The largest absolute Gasteiger partial charge is 0.325 e. The van der Waals surface area contributed by atoms with Crippen molar-refractivity contribution in [2.45, 2.75) is 26.4 Å². The van der Waals surface area contributed by atoms with Gasteiger partial charge in [-0.3, -0.25) is 14.3 Å². The average Bonchev–Trinajstić information content (AvgIpc) is 2.55. The topological polar surface area (TPSA) is 49.4 Å². The van der Waals surface area contributed by atoms with E-state index in [0.29, 0.717) is 24.6 Å². The molecule has 2 unspecified atom stereocenters. The first-order valence-electron chi connectivity index (χ1n) is 5.06. The Balaban J connectivity index is 2.41. The molecule has 5 heteroatoms. The van der Waals surface area contributed by atoms with Crippen LogP contribution in [-0.2, 0) is 15.6 Å². The second-order valence-corrected chi connectivity index (χ2v) is 5.19. The molecule has 4 nitrogen and oxygen atoms in total. The lowest BCUT2D eigenvalue weighted by atomic mass is 10.3. The molecule has 1 aliphatic heterocycles. The molecule has 14 heavy (non-hydrogen) atoms. The molecule has 2 atom stereocenters. The first-order chi connectivity index (χ1) is 6.69. The minimum absolute atomic E-state index is 0.130. The van der Waals surface area contributed by atoms with Crippen LogP contribution in [0.5, 0.6) is 0 Å². The van der Waals surface area contributed by atoms with E-state index >= 15 is 0 Å². The molecule has 1 aliphatic rings. The van der Waals surface area contributed by atoms with Crippen molar-refractivity contribution in [3.8, 4) is 0 Å². The lowest BCUT2D eigenvalue weighted by Crippen LogP contribution is -2.39. The van der Waals surface area contributed by atoms with E-state index in [1.54, 1.807) is 4.90 Å². The third kappa shape index (κ3) is 2.78. The zero-order valence-corrected chi connectivity index (χ0v) is 9.60. The Kier molecular flexibility index (Phi) is 4.54. The van der Waals surface area contributed by atoms with Crippen molar-refractivity contribution in [1.82, 2.24) is 10.2 Å². The van der Waals surface area contributed by atoms with E-state index in [1.165, 1.54) is 0 Å². The molecule has 1 rings (SSSR count). The second kappa shape index (κ2) is 5.46. The molecular weight excluding hydrogens is 200 g/mol. The monoisotopic (exact) mass is 218 g/mol. The van der Waals surface area contributed by atoms with Crippen LogP contribution in [-0.4, -0.2) is 45.8 Å². The highest BCUT2D eigenvalue weighted by Gasteiger charge is 2.28. The van der Waals surface area contributed by atoms with Crippen LogP contribution in [0.1, 0.15) is 20.3 Å². The average molecular weight is 218 g/mol. The van der Waals surface area contributed by atoms with Gasteiger partial charge in [-0.15, -0.1) is 0 Å². The van der Waals surface area contributed by atoms with E-state index in [-0.39, 0.29) is 12.1 Å². The molecule has 0 aromatic heterocycles. The van der Waals surface area contributed by atoms with Gasteiger partial charge in [0.1, 0.15) is 0 Å². The quantitative estimate of drug-likeness (QED) is 0.702. The SMILES string of the molecule is CCC1NCC(=O)N1CCS(=O)CC. The summed E-state index contributed by atoms with van der Waals surface area (Å²) in [5.41, 5.74) is 0. The lowest BCUT2D eigenvalue weighted by molar-refractivity contribution is -0.127. The van der Waals surface area contributed by atoms with Crippen LogP contribution >= 0.6 is 0 Å². The molecule has 1 heterocycles. The van der Waals surface area contributed by atoms with Crippen molar-refractivity contribution in [1.29, 1.82) is 0 Å². The molecule has 0 aliphatic carbocycles. The molecule has 1 saturated heterocycles. The molecule has 0 spiro atoms. The Labute approximate surface area is 87.5 Å². The fourth-order valence-electron chi connectivity index (χ4n) is 1.58. The predicted octanol–water partition coefficient (Wildman–Crippen LogP) is -0.0771. The van der Waals surface area contributed by atoms with Gasteiger partial charge >= 0.3 is 0 Å². The van der Waals surface area contributed by atoms with Gasteiger partial charge in [0.15, 0.2) is 0 Å². The van der Waals surface area contributed by atoms with Gasteiger partial charge in [-0.05, 0) is 6.42 Å². The van der Waals surface area contributed by atoms with E-state index in [2.05, 4.69) is 5.32 Å². The van der Waals surface area contributed by atoms with Crippen LogP contribution in [0.15, 0.2) is 0 Å². The Hall–Kier alpha value is -0.420. The van der Waals surface area contributed by atoms with Crippen molar-refractivity contribution in [2.75, 3.05) is 24.6 Å². The van der Waals surface area contributed by atoms with Crippen molar-refractivity contribution in [3.63, 3.8) is 0 Å². The highest BCUT2D eigenvalue weighted by atomic mass is 32.2. The first kappa shape index (κ1) is 11.7. The third-order valence-corrected chi connectivity index (χ3v) is 3.74. The van der Waals surface area contributed by atoms with Crippen LogP contribution in [0.3, 0.4) is 0 Å². The fraction of sp³-hybridized carbons (Fsp3) is 0.889. The molecule has 0 saturated carbocycles. The van der Waals surface area contributed by atoms with Gasteiger partial charge in [0.2, 0.25) is 5.91 Å². The summed E-state index contributed by atoms with van der Waals surface area (Å²) in [5, 5.41) is 3.13. The zero-order chi connectivity index (χ0) is 10.6. The van der Waals surface area contributed by atoms with Gasteiger partial charge < -0.3 is 4.90 Å². The minimum atomic E-state index is -0.777. The Morgan fingerprint density at radius 3 is 2.86 bits per heavy atom. The summed E-state index contributed by atoms with van der Waals surface area (Å²) in [6, 6.07) is 0. The smallest absolute Gasteiger partial charge is 0.237 e. The number of hydrogen-bond acceptors (Lipinski definition) is 3. The number of rotatable bonds is 5. The summed E-state index contributed by atoms with van der Waals surface area (Å²) in [6.07, 6.45) is 1.06. The molecule has 82 valence electrons. The second-order valence-electron chi connectivity index (χ2n) is 3.32. The summed E-state index contributed by atoms with van der Waals surface area (Å²) >= 11 is 0. The van der Waals surface area contributed by atoms with E-state index in [9.17, 15) is 9.00 Å². The van der Waals surface area contributed by atoms with Crippen LogP contribution < -0.4 is 5.32 Å². The maximum atomic E-state index is 11.4. The molecular formula is C9H18N2O2S. The van der Waals surface area contributed by atoms with Gasteiger partial charge in [-0.2, -0.15) is 0 Å². The summed E-state index contributed by atoms with van der Waals surface area (Å²) in [5.74, 6) is 1.40. The highest BCUT2D eigenvalue weighted by Crippen LogP contribution is 2.07. The normalized spacial score (nSPS) is 24.3. The summed E-state index contributed by atoms with van der Waals surface area (Å²) in [4.78, 5) is 13.2. The van der Waals surface area contributed by atoms with E-state index in [1.807, 2.05) is 13.8 Å².